The van der Waals surface area contributed by atoms with E-state index >= 15 is 0 Å². The minimum Gasteiger partial charge on any atom is -0.492 e. The highest BCUT2D eigenvalue weighted by Gasteiger charge is 2.15. The summed E-state index contributed by atoms with van der Waals surface area (Å²) < 4.78 is 18.0. The molecule has 33 heavy (non-hydrogen) atoms. The Hall–Kier alpha value is -2.50. The summed E-state index contributed by atoms with van der Waals surface area (Å²) >= 11 is 0. The van der Waals surface area contributed by atoms with Crippen LogP contribution in [0.25, 0.3) is 6.08 Å². The number of rotatable bonds is 13. The molecule has 1 unspecified atom stereocenters. The van der Waals surface area contributed by atoms with Crippen LogP contribution >= 0.6 is 0 Å². The third kappa shape index (κ3) is 7.51. The molecule has 0 aliphatic carbocycles. The maximum atomic E-state index is 6.13. The summed E-state index contributed by atoms with van der Waals surface area (Å²) in [6.45, 7) is 16.8. The van der Waals surface area contributed by atoms with Crippen LogP contribution in [0.4, 0.5) is 0 Å². The molecular formula is C28H40N2O3. The Kier molecular flexibility index (Phi) is 10.1. The molecule has 0 fully saturated rings. The van der Waals surface area contributed by atoms with Crippen LogP contribution in [0, 0.1) is 0 Å². The van der Waals surface area contributed by atoms with E-state index in [2.05, 4.69) is 80.0 Å². The minimum atomic E-state index is 0.203. The average Bonchev–Trinajstić information content (AvgIpc) is 3.07. The van der Waals surface area contributed by atoms with Crippen molar-refractivity contribution in [3.63, 3.8) is 0 Å². The first kappa shape index (κ1) is 25.1. The molecule has 0 saturated heterocycles. The lowest BCUT2D eigenvalue weighted by atomic mass is 9.99. The summed E-state index contributed by atoms with van der Waals surface area (Å²) in [6, 6.07) is 14.5. The van der Waals surface area contributed by atoms with Gasteiger partial charge in [0.15, 0.2) is 0 Å². The Labute approximate surface area is 199 Å². The Morgan fingerprint density at radius 2 is 1.36 bits per heavy atom. The summed E-state index contributed by atoms with van der Waals surface area (Å²) in [5.74, 6) is 2.91. The van der Waals surface area contributed by atoms with Crippen molar-refractivity contribution in [1.82, 2.24) is 9.80 Å². The number of benzene rings is 2. The van der Waals surface area contributed by atoms with Crippen LogP contribution in [0.3, 0.4) is 0 Å². The molecule has 0 aromatic heterocycles. The van der Waals surface area contributed by atoms with E-state index in [0.717, 1.165) is 62.1 Å². The van der Waals surface area contributed by atoms with Crippen LogP contribution in [-0.2, 0) is 0 Å². The topological polar surface area (TPSA) is 34.2 Å². The molecule has 0 spiro atoms. The van der Waals surface area contributed by atoms with Gasteiger partial charge in [-0.25, -0.2) is 0 Å². The summed E-state index contributed by atoms with van der Waals surface area (Å²) in [6.07, 6.45) is 4.38. The van der Waals surface area contributed by atoms with Gasteiger partial charge in [-0.1, -0.05) is 52.0 Å². The number of hydrogen-bond donors (Lipinski definition) is 0. The van der Waals surface area contributed by atoms with Crippen molar-refractivity contribution in [1.29, 1.82) is 0 Å². The molecule has 5 nitrogen and oxygen atoms in total. The zero-order valence-electron chi connectivity index (χ0n) is 20.8. The first-order valence-corrected chi connectivity index (χ1v) is 12.4. The van der Waals surface area contributed by atoms with Gasteiger partial charge in [-0.3, -0.25) is 0 Å². The minimum absolute atomic E-state index is 0.203. The summed E-state index contributed by atoms with van der Waals surface area (Å²) in [4.78, 5) is 4.72. The van der Waals surface area contributed by atoms with Gasteiger partial charge >= 0.3 is 0 Å². The molecule has 0 N–H and O–H groups in total. The van der Waals surface area contributed by atoms with E-state index in [1.54, 1.807) is 0 Å². The molecule has 2 aromatic rings. The molecule has 0 bridgehead atoms. The molecule has 1 atom stereocenters. The lowest BCUT2D eigenvalue weighted by Crippen LogP contribution is -2.27. The number of hydrogen-bond acceptors (Lipinski definition) is 5. The molecule has 1 aliphatic heterocycles. The van der Waals surface area contributed by atoms with Gasteiger partial charge < -0.3 is 24.0 Å². The molecule has 5 heteroatoms. The van der Waals surface area contributed by atoms with Crippen molar-refractivity contribution < 1.29 is 14.2 Å². The first-order chi connectivity index (χ1) is 16.2. The molecule has 2 aromatic carbocycles. The highest BCUT2D eigenvalue weighted by atomic mass is 16.5. The van der Waals surface area contributed by atoms with Crippen LogP contribution in [0.15, 0.2) is 48.5 Å². The van der Waals surface area contributed by atoms with Gasteiger partial charge in [0.2, 0.25) is 0 Å². The fourth-order valence-electron chi connectivity index (χ4n) is 4.02. The fourth-order valence-corrected chi connectivity index (χ4v) is 4.02. The van der Waals surface area contributed by atoms with E-state index < -0.39 is 0 Å². The quantitative estimate of drug-likeness (QED) is 0.411. The molecule has 1 aliphatic rings. The molecule has 0 saturated carbocycles. The van der Waals surface area contributed by atoms with Crippen LogP contribution in [-0.4, -0.2) is 68.9 Å². The van der Waals surface area contributed by atoms with Gasteiger partial charge in [0.1, 0.15) is 30.5 Å². The van der Waals surface area contributed by atoms with E-state index in [1.165, 1.54) is 5.56 Å². The lowest BCUT2D eigenvalue weighted by Gasteiger charge is -2.18. The third-order valence-corrected chi connectivity index (χ3v) is 6.36. The molecule has 3 rings (SSSR count). The van der Waals surface area contributed by atoms with Crippen LogP contribution in [0.5, 0.6) is 17.2 Å². The third-order valence-electron chi connectivity index (χ3n) is 6.36. The summed E-state index contributed by atoms with van der Waals surface area (Å²) in [7, 11) is 0. The van der Waals surface area contributed by atoms with Gasteiger partial charge in [-0.2, -0.15) is 0 Å². The maximum absolute atomic E-state index is 6.13. The van der Waals surface area contributed by atoms with Gasteiger partial charge in [0, 0.05) is 24.6 Å². The predicted molar refractivity (Wildman–Crippen MR) is 137 cm³/mol. The summed E-state index contributed by atoms with van der Waals surface area (Å²) in [5, 5.41) is 0. The van der Waals surface area contributed by atoms with Gasteiger partial charge in [0.25, 0.3) is 0 Å². The van der Waals surface area contributed by atoms with Crippen LogP contribution < -0.4 is 14.2 Å². The highest BCUT2D eigenvalue weighted by molar-refractivity contribution is 5.61. The molecule has 1 heterocycles. The Morgan fingerprint density at radius 3 is 1.97 bits per heavy atom. The van der Waals surface area contributed by atoms with Crippen molar-refractivity contribution in [2.24, 2.45) is 0 Å². The second-order valence-corrected chi connectivity index (χ2v) is 8.30. The largest absolute Gasteiger partial charge is 0.492 e. The molecule has 0 radical (unpaired) electrons. The Bertz CT molecular complexity index is 858. The Morgan fingerprint density at radius 1 is 0.788 bits per heavy atom. The van der Waals surface area contributed by atoms with E-state index in [-0.39, 0.29) is 5.92 Å². The normalized spacial score (nSPS) is 15.3. The summed E-state index contributed by atoms with van der Waals surface area (Å²) in [5.41, 5.74) is 2.29. The Balaban J connectivity index is 1.55. The second kappa shape index (κ2) is 13.3. The predicted octanol–water partition coefficient (Wildman–Crippen LogP) is 5.32. The van der Waals surface area contributed by atoms with E-state index in [1.807, 2.05) is 12.1 Å². The van der Waals surface area contributed by atoms with Crippen LogP contribution in [0.1, 0.15) is 44.7 Å². The monoisotopic (exact) mass is 452 g/mol. The first-order valence-electron chi connectivity index (χ1n) is 12.4. The van der Waals surface area contributed by atoms with Crippen molar-refractivity contribution in [2.45, 2.75) is 33.6 Å². The average molecular weight is 453 g/mol. The van der Waals surface area contributed by atoms with Crippen molar-refractivity contribution in [2.75, 3.05) is 59.1 Å². The van der Waals surface area contributed by atoms with Crippen molar-refractivity contribution in [3.8, 4) is 17.2 Å². The maximum Gasteiger partial charge on any atom is 0.126 e. The SMILES string of the molecule is CCN(CC)CCOc1ccc(C2C=Cc3cc(OCCN(CC)CC)ccc3OC2)cc1. The number of ether oxygens (including phenoxy) is 3. The number of likely N-dealkylation sites (N-methyl/N-ethyl adjacent to an activating group) is 2. The smallest absolute Gasteiger partial charge is 0.126 e. The second-order valence-electron chi connectivity index (χ2n) is 8.30. The number of fused-ring (bicyclic) bond motifs is 1. The van der Waals surface area contributed by atoms with E-state index in [0.29, 0.717) is 19.8 Å². The standard InChI is InChI=1S/C28H40N2O3/c1-5-29(6-2)17-19-31-26-13-11-23(12-14-26)25-10-9-24-21-27(15-16-28(24)33-22-25)32-20-18-30(7-3)8-4/h9-16,21,25H,5-8,17-20,22H2,1-4H3. The van der Waals surface area contributed by atoms with Crippen molar-refractivity contribution in [3.05, 3.63) is 59.7 Å². The number of nitrogens with zero attached hydrogens (tertiary/aromatic N) is 2. The highest BCUT2D eigenvalue weighted by Crippen LogP contribution is 2.32. The fraction of sp³-hybridized carbons (Fsp3) is 0.500. The molecule has 180 valence electrons. The zero-order chi connectivity index (χ0) is 23.5. The van der Waals surface area contributed by atoms with E-state index in [4.69, 9.17) is 14.2 Å². The van der Waals surface area contributed by atoms with Gasteiger partial charge in [0.05, 0.1) is 6.61 Å². The van der Waals surface area contributed by atoms with Crippen molar-refractivity contribution >= 4 is 6.08 Å². The van der Waals surface area contributed by atoms with Crippen LogP contribution in [0.2, 0.25) is 0 Å². The van der Waals surface area contributed by atoms with E-state index in [9.17, 15) is 0 Å². The molecular weight excluding hydrogens is 412 g/mol. The zero-order valence-corrected chi connectivity index (χ0v) is 20.8. The van der Waals surface area contributed by atoms with Gasteiger partial charge in [-0.15, -0.1) is 0 Å². The van der Waals surface area contributed by atoms with Gasteiger partial charge in [-0.05, 0) is 62.1 Å². The lowest BCUT2D eigenvalue weighted by molar-refractivity contribution is 0.222. The molecule has 0 amide bonds.